The van der Waals surface area contributed by atoms with E-state index >= 15 is 0 Å². The highest BCUT2D eigenvalue weighted by Crippen LogP contribution is 2.09. The number of hydrogen-bond donors (Lipinski definition) is 2. The third-order valence-electron chi connectivity index (χ3n) is 1.76. The van der Waals surface area contributed by atoms with Crippen LogP contribution in [0.25, 0.3) is 0 Å². The highest BCUT2D eigenvalue weighted by molar-refractivity contribution is 8.02. The van der Waals surface area contributed by atoms with Gasteiger partial charge in [0.15, 0.2) is 0 Å². The molecular weight excluding hydrogens is 242 g/mol. The van der Waals surface area contributed by atoms with Crippen LogP contribution in [0.15, 0.2) is 23.5 Å². The molecule has 3 N–H and O–H groups in total. The fourth-order valence-corrected chi connectivity index (χ4v) is 2.25. The van der Waals surface area contributed by atoms with Gasteiger partial charge < -0.3 is 10.8 Å². The van der Waals surface area contributed by atoms with Crippen LogP contribution in [-0.2, 0) is 4.79 Å². The van der Waals surface area contributed by atoms with Crippen molar-refractivity contribution in [2.75, 3.05) is 11.5 Å². The first-order valence-corrected chi connectivity index (χ1v) is 7.24. The van der Waals surface area contributed by atoms with Crippen molar-refractivity contribution >= 4 is 29.5 Å². The summed E-state index contributed by atoms with van der Waals surface area (Å²) >= 11 is 3.28. The van der Waals surface area contributed by atoms with Gasteiger partial charge in [-0.1, -0.05) is 12.7 Å². The van der Waals surface area contributed by atoms with Crippen LogP contribution in [0.4, 0.5) is 0 Å². The van der Waals surface area contributed by atoms with E-state index in [1.54, 1.807) is 23.5 Å². The van der Waals surface area contributed by atoms with E-state index in [-0.39, 0.29) is 12.5 Å². The normalized spacial score (nSPS) is 12.8. The van der Waals surface area contributed by atoms with E-state index in [9.17, 15) is 4.79 Å². The number of carboxylic acid groups (broad SMARTS) is 1. The van der Waals surface area contributed by atoms with Crippen molar-refractivity contribution in [1.82, 2.24) is 0 Å². The van der Waals surface area contributed by atoms with Gasteiger partial charge in [0, 0.05) is 12.5 Å². The molecule has 1 atom stereocenters. The van der Waals surface area contributed by atoms with E-state index in [0.717, 1.165) is 17.9 Å². The van der Waals surface area contributed by atoms with Crippen molar-refractivity contribution in [2.45, 2.75) is 25.3 Å². The monoisotopic (exact) mass is 261 g/mol. The van der Waals surface area contributed by atoms with Crippen molar-refractivity contribution in [3.63, 3.8) is 0 Å². The summed E-state index contributed by atoms with van der Waals surface area (Å²) in [5.74, 6) is 1.08. The Labute approximate surface area is 106 Å². The molecule has 0 aromatic heterocycles. The number of carbonyl (C=O) groups is 1. The van der Waals surface area contributed by atoms with Crippen LogP contribution in [-0.4, -0.2) is 28.6 Å². The second kappa shape index (κ2) is 11.1. The predicted molar refractivity (Wildman–Crippen MR) is 73.7 cm³/mol. The Morgan fingerprint density at radius 1 is 1.44 bits per heavy atom. The summed E-state index contributed by atoms with van der Waals surface area (Å²) in [4.78, 5) is 10.2. The van der Waals surface area contributed by atoms with E-state index in [2.05, 4.69) is 6.58 Å². The third kappa shape index (κ3) is 11.7. The van der Waals surface area contributed by atoms with Gasteiger partial charge in [-0.2, -0.15) is 0 Å². The van der Waals surface area contributed by atoms with Crippen LogP contribution < -0.4 is 5.73 Å². The Morgan fingerprint density at radius 2 is 2.19 bits per heavy atom. The summed E-state index contributed by atoms with van der Waals surface area (Å²) in [6.07, 6.45) is 3.84. The first-order valence-electron chi connectivity index (χ1n) is 5.15. The van der Waals surface area contributed by atoms with Gasteiger partial charge >= 0.3 is 5.97 Å². The molecule has 0 radical (unpaired) electrons. The van der Waals surface area contributed by atoms with Crippen molar-refractivity contribution in [2.24, 2.45) is 5.73 Å². The molecule has 0 aliphatic carbocycles. The first-order chi connectivity index (χ1) is 7.66. The zero-order valence-electron chi connectivity index (χ0n) is 9.30. The summed E-state index contributed by atoms with van der Waals surface area (Å²) in [6.45, 7) is 3.62. The molecule has 0 bridgehead atoms. The molecule has 0 amide bonds. The van der Waals surface area contributed by atoms with E-state index < -0.39 is 5.97 Å². The summed E-state index contributed by atoms with van der Waals surface area (Å²) in [5, 5.41) is 12.2. The molecule has 5 heteroatoms. The number of hydrogen-bond acceptors (Lipinski definition) is 4. The molecule has 0 aliphatic rings. The van der Waals surface area contributed by atoms with Gasteiger partial charge in [0.25, 0.3) is 0 Å². The molecular formula is C11H19NO2S2. The Balaban J connectivity index is 3.37. The van der Waals surface area contributed by atoms with Gasteiger partial charge in [0.1, 0.15) is 0 Å². The lowest BCUT2D eigenvalue weighted by atomic mass is 10.2. The lowest BCUT2D eigenvalue weighted by Gasteiger charge is -2.03. The Hall–Kier alpha value is -0.390. The second-order valence-electron chi connectivity index (χ2n) is 3.19. The molecule has 0 rings (SSSR count). The molecule has 1 unspecified atom stereocenters. The number of rotatable bonds is 10. The van der Waals surface area contributed by atoms with Crippen LogP contribution in [0.1, 0.15) is 19.3 Å². The van der Waals surface area contributed by atoms with Gasteiger partial charge in [-0.3, -0.25) is 4.79 Å². The lowest BCUT2D eigenvalue weighted by Crippen LogP contribution is -2.17. The maximum Gasteiger partial charge on any atom is 0.303 e. The van der Waals surface area contributed by atoms with Crippen LogP contribution in [0, 0.1) is 0 Å². The SMILES string of the molecule is C=CSCCC(N)/C=C\SCCCC(=O)O. The highest BCUT2D eigenvalue weighted by atomic mass is 32.2. The van der Waals surface area contributed by atoms with Crippen molar-refractivity contribution in [3.8, 4) is 0 Å². The van der Waals surface area contributed by atoms with Crippen LogP contribution in [0.2, 0.25) is 0 Å². The maximum atomic E-state index is 10.2. The minimum Gasteiger partial charge on any atom is -0.481 e. The minimum atomic E-state index is -0.734. The number of thioether (sulfide) groups is 2. The van der Waals surface area contributed by atoms with Gasteiger partial charge in [0.2, 0.25) is 0 Å². The van der Waals surface area contributed by atoms with Gasteiger partial charge in [-0.15, -0.1) is 23.5 Å². The average Bonchev–Trinajstić information content (AvgIpc) is 2.23. The molecule has 0 heterocycles. The van der Waals surface area contributed by atoms with Crippen LogP contribution in [0.3, 0.4) is 0 Å². The Kier molecular flexibility index (Phi) is 10.8. The van der Waals surface area contributed by atoms with Crippen LogP contribution >= 0.6 is 23.5 Å². The van der Waals surface area contributed by atoms with Gasteiger partial charge in [-0.25, -0.2) is 0 Å². The standard InChI is InChI=1S/C11H19NO2S2/c1-2-15-8-5-10(12)6-9-16-7-3-4-11(13)14/h2,6,9-10H,1,3-5,7-8,12H2,(H,13,14)/b9-6-. The molecule has 0 spiro atoms. The van der Waals surface area contributed by atoms with E-state index in [1.807, 2.05) is 16.9 Å². The molecule has 92 valence electrons. The number of nitrogens with two attached hydrogens (primary N) is 1. The van der Waals surface area contributed by atoms with E-state index in [4.69, 9.17) is 10.8 Å². The summed E-state index contributed by atoms with van der Waals surface area (Å²) in [7, 11) is 0. The molecule has 0 aromatic carbocycles. The zero-order valence-corrected chi connectivity index (χ0v) is 10.9. The third-order valence-corrected chi connectivity index (χ3v) is 3.34. The van der Waals surface area contributed by atoms with Crippen LogP contribution in [0.5, 0.6) is 0 Å². The smallest absolute Gasteiger partial charge is 0.303 e. The second-order valence-corrected chi connectivity index (χ2v) is 5.28. The molecule has 3 nitrogen and oxygen atoms in total. The fraction of sp³-hybridized carbons (Fsp3) is 0.545. The topological polar surface area (TPSA) is 63.3 Å². The predicted octanol–water partition coefficient (Wildman–Crippen LogP) is 2.69. The van der Waals surface area contributed by atoms with Crippen molar-refractivity contribution < 1.29 is 9.90 Å². The van der Waals surface area contributed by atoms with Gasteiger partial charge in [0.05, 0.1) is 0 Å². The van der Waals surface area contributed by atoms with Crippen molar-refractivity contribution in [1.29, 1.82) is 0 Å². The largest absolute Gasteiger partial charge is 0.481 e. The molecule has 0 saturated carbocycles. The molecule has 0 fully saturated rings. The summed E-state index contributed by atoms with van der Waals surface area (Å²) in [5.41, 5.74) is 5.84. The molecule has 0 saturated heterocycles. The highest BCUT2D eigenvalue weighted by Gasteiger charge is 1.97. The number of aliphatic carboxylic acids is 1. The Bertz CT molecular complexity index is 232. The van der Waals surface area contributed by atoms with Crippen molar-refractivity contribution in [3.05, 3.63) is 23.5 Å². The minimum absolute atomic E-state index is 0.0828. The molecule has 0 aliphatic heterocycles. The molecule has 16 heavy (non-hydrogen) atoms. The quantitative estimate of drug-likeness (QED) is 0.592. The van der Waals surface area contributed by atoms with Gasteiger partial charge in [-0.05, 0) is 35.2 Å². The van der Waals surface area contributed by atoms with E-state index in [0.29, 0.717) is 6.42 Å². The maximum absolute atomic E-state index is 10.2. The summed E-state index contributed by atoms with van der Waals surface area (Å²) in [6, 6.07) is 0.0828. The average molecular weight is 261 g/mol. The number of carboxylic acids is 1. The Morgan fingerprint density at radius 3 is 2.81 bits per heavy atom. The lowest BCUT2D eigenvalue weighted by molar-refractivity contribution is -0.137. The van der Waals surface area contributed by atoms with E-state index in [1.165, 1.54) is 0 Å². The zero-order chi connectivity index (χ0) is 12.2. The summed E-state index contributed by atoms with van der Waals surface area (Å²) < 4.78 is 0. The fourth-order valence-electron chi connectivity index (χ4n) is 0.915. The molecule has 0 aromatic rings. The first kappa shape index (κ1) is 15.6.